The van der Waals surface area contributed by atoms with Crippen LogP contribution in [-0.2, 0) is 11.3 Å². The first kappa shape index (κ1) is 18.7. The molecule has 1 aliphatic heterocycles. The number of rotatable bonds is 3. The Morgan fingerprint density at radius 2 is 1.96 bits per heavy atom. The first-order chi connectivity index (χ1) is 11.7. The summed E-state index contributed by atoms with van der Waals surface area (Å²) in [5.74, 6) is 0. The zero-order chi connectivity index (χ0) is 18.6. The van der Waals surface area contributed by atoms with Crippen LogP contribution in [0.2, 0.25) is 0 Å². The Morgan fingerprint density at radius 3 is 2.52 bits per heavy atom. The first-order valence-electron chi connectivity index (χ1n) is 8.34. The lowest BCUT2D eigenvalue weighted by atomic mass is 10.0. The molecule has 0 bridgehead atoms. The number of hydrogen-bond acceptors (Lipinski definition) is 5. The number of piperazine rings is 1. The van der Waals surface area contributed by atoms with E-state index in [4.69, 9.17) is 16.0 Å². The number of nitrogens with zero attached hydrogens (tertiary/aromatic N) is 5. The van der Waals surface area contributed by atoms with Gasteiger partial charge in [0, 0.05) is 42.5 Å². The standard InChI is InChI=1S/C17H26N6O2/c1-12-13(11-20-21-19)9-14(18)10-15(12)22-5-7-23(8-6-22)16(24)25-17(2,3)4/h9-10H,5-8,11,18H2,1-4H3. The lowest BCUT2D eigenvalue weighted by Gasteiger charge is -2.37. The SMILES string of the molecule is Cc1c(CN=[N+]=[N-])cc(N)cc1N1CCN(C(=O)OC(C)(C)C)CC1. The molecular weight excluding hydrogens is 320 g/mol. The van der Waals surface area contributed by atoms with Crippen LogP contribution in [0.25, 0.3) is 10.4 Å². The van der Waals surface area contributed by atoms with E-state index >= 15 is 0 Å². The van der Waals surface area contributed by atoms with Crippen LogP contribution < -0.4 is 10.6 Å². The van der Waals surface area contributed by atoms with E-state index in [-0.39, 0.29) is 12.6 Å². The number of carbonyl (C=O) groups excluding carboxylic acids is 1. The Balaban J connectivity index is 2.09. The third-order valence-corrected chi connectivity index (χ3v) is 4.09. The lowest BCUT2D eigenvalue weighted by Crippen LogP contribution is -2.50. The highest BCUT2D eigenvalue weighted by atomic mass is 16.6. The zero-order valence-electron chi connectivity index (χ0n) is 15.3. The van der Waals surface area contributed by atoms with Gasteiger partial charge >= 0.3 is 6.09 Å². The van der Waals surface area contributed by atoms with E-state index in [9.17, 15) is 4.79 Å². The van der Waals surface area contributed by atoms with Crippen LogP contribution in [0, 0.1) is 6.92 Å². The summed E-state index contributed by atoms with van der Waals surface area (Å²) >= 11 is 0. The normalized spacial score (nSPS) is 14.9. The second-order valence-electron chi connectivity index (χ2n) is 7.17. The van der Waals surface area contributed by atoms with Crippen LogP contribution in [0.3, 0.4) is 0 Å². The molecule has 8 nitrogen and oxygen atoms in total. The fourth-order valence-electron chi connectivity index (χ4n) is 2.84. The molecule has 0 unspecified atom stereocenters. The van der Waals surface area contributed by atoms with Gasteiger partial charge in [0.2, 0.25) is 0 Å². The van der Waals surface area contributed by atoms with E-state index < -0.39 is 5.60 Å². The van der Waals surface area contributed by atoms with Crippen LogP contribution in [0.4, 0.5) is 16.2 Å². The molecule has 0 aromatic heterocycles. The maximum atomic E-state index is 12.2. The van der Waals surface area contributed by atoms with Gasteiger partial charge in [0.25, 0.3) is 0 Å². The molecule has 0 saturated carbocycles. The molecule has 1 aliphatic rings. The Hall–Kier alpha value is -2.60. The largest absolute Gasteiger partial charge is 0.444 e. The van der Waals surface area contributed by atoms with Crippen molar-refractivity contribution in [1.82, 2.24) is 4.90 Å². The number of azide groups is 1. The number of carbonyl (C=O) groups is 1. The minimum atomic E-state index is -0.491. The molecule has 0 radical (unpaired) electrons. The number of amides is 1. The Kier molecular flexibility index (Phi) is 5.64. The van der Waals surface area contributed by atoms with E-state index in [1.807, 2.05) is 39.8 Å². The second kappa shape index (κ2) is 7.53. The van der Waals surface area contributed by atoms with Crippen molar-refractivity contribution >= 4 is 17.5 Å². The number of ether oxygens (including phenoxy) is 1. The molecule has 8 heteroatoms. The summed E-state index contributed by atoms with van der Waals surface area (Å²) in [7, 11) is 0. The number of hydrogen-bond donors (Lipinski definition) is 1. The van der Waals surface area contributed by atoms with Gasteiger partial charge in [0.05, 0.1) is 6.54 Å². The van der Waals surface area contributed by atoms with Gasteiger partial charge in [-0.15, -0.1) is 0 Å². The molecule has 25 heavy (non-hydrogen) atoms. The summed E-state index contributed by atoms with van der Waals surface area (Å²) < 4.78 is 5.43. The molecule has 2 rings (SSSR count). The topological polar surface area (TPSA) is 108 Å². The fraction of sp³-hybridized carbons (Fsp3) is 0.588. The lowest BCUT2D eigenvalue weighted by molar-refractivity contribution is 0.0240. The van der Waals surface area contributed by atoms with Gasteiger partial charge in [-0.2, -0.15) is 0 Å². The average molecular weight is 346 g/mol. The summed E-state index contributed by atoms with van der Waals surface area (Å²) in [5.41, 5.74) is 17.7. The van der Waals surface area contributed by atoms with Crippen LogP contribution >= 0.6 is 0 Å². The van der Waals surface area contributed by atoms with Crippen molar-refractivity contribution < 1.29 is 9.53 Å². The molecule has 1 saturated heterocycles. The molecule has 1 amide bonds. The number of nitrogens with two attached hydrogens (primary N) is 1. The Bertz CT molecular complexity index is 683. The fourth-order valence-corrected chi connectivity index (χ4v) is 2.84. The molecule has 0 spiro atoms. The van der Waals surface area contributed by atoms with Gasteiger partial charge in [-0.05, 0) is 56.5 Å². The summed E-state index contributed by atoms with van der Waals surface area (Å²) in [4.78, 5) is 18.9. The Labute approximate surface area is 148 Å². The summed E-state index contributed by atoms with van der Waals surface area (Å²) in [5, 5.41) is 3.64. The highest BCUT2D eigenvalue weighted by Gasteiger charge is 2.26. The van der Waals surface area contributed by atoms with Crippen molar-refractivity contribution in [2.45, 2.75) is 39.8 Å². The third-order valence-electron chi connectivity index (χ3n) is 4.09. The molecule has 2 N–H and O–H groups in total. The second-order valence-corrected chi connectivity index (χ2v) is 7.17. The van der Waals surface area contributed by atoms with Gasteiger partial charge in [-0.3, -0.25) is 0 Å². The first-order valence-corrected chi connectivity index (χ1v) is 8.34. The van der Waals surface area contributed by atoms with Crippen molar-refractivity contribution in [3.05, 3.63) is 33.7 Å². The number of nitrogen functional groups attached to an aromatic ring is 1. The molecule has 1 aromatic carbocycles. The van der Waals surface area contributed by atoms with Gasteiger partial charge in [-0.1, -0.05) is 5.11 Å². The smallest absolute Gasteiger partial charge is 0.410 e. The molecule has 1 aromatic rings. The van der Waals surface area contributed by atoms with Crippen molar-refractivity contribution in [3.8, 4) is 0 Å². The minimum absolute atomic E-state index is 0.276. The van der Waals surface area contributed by atoms with E-state index in [1.54, 1.807) is 4.90 Å². The highest BCUT2D eigenvalue weighted by Crippen LogP contribution is 2.28. The van der Waals surface area contributed by atoms with Crippen molar-refractivity contribution in [3.63, 3.8) is 0 Å². The molecular formula is C17H26N6O2. The van der Waals surface area contributed by atoms with Gasteiger partial charge in [-0.25, -0.2) is 4.79 Å². The van der Waals surface area contributed by atoms with Crippen LogP contribution in [0.5, 0.6) is 0 Å². The third kappa shape index (κ3) is 4.93. The molecule has 136 valence electrons. The predicted molar refractivity (Wildman–Crippen MR) is 98.5 cm³/mol. The summed E-state index contributed by atoms with van der Waals surface area (Å²) in [6.07, 6.45) is -0.277. The summed E-state index contributed by atoms with van der Waals surface area (Å²) in [6, 6.07) is 3.77. The van der Waals surface area contributed by atoms with Crippen molar-refractivity contribution in [2.24, 2.45) is 5.11 Å². The molecule has 1 fully saturated rings. The monoisotopic (exact) mass is 346 g/mol. The number of benzene rings is 1. The van der Waals surface area contributed by atoms with Crippen molar-refractivity contribution in [2.75, 3.05) is 36.8 Å². The predicted octanol–water partition coefficient (Wildman–Crippen LogP) is 3.44. The molecule has 1 heterocycles. The maximum absolute atomic E-state index is 12.2. The number of anilines is 2. The van der Waals surface area contributed by atoms with E-state index in [0.29, 0.717) is 31.9 Å². The summed E-state index contributed by atoms with van der Waals surface area (Å²) in [6.45, 7) is 10.4. The zero-order valence-corrected chi connectivity index (χ0v) is 15.3. The average Bonchev–Trinajstić information content (AvgIpc) is 2.54. The quantitative estimate of drug-likeness (QED) is 0.391. The van der Waals surface area contributed by atoms with Gasteiger partial charge in [0.1, 0.15) is 5.60 Å². The van der Waals surface area contributed by atoms with Crippen LogP contribution in [0.15, 0.2) is 17.2 Å². The molecule has 0 aliphatic carbocycles. The van der Waals surface area contributed by atoms with Crippen molar-refractivity contribution in [1.29, 1.82) is 0 Å². The van der Waals surface area contributed by atoms with Gasteiger partial charge < -0.3 is 20.3 Å². The van der Waals surface area contributed by atoms with E-state index in [1.165, 1.54) is 0 Å². The highest BCUT2D eigenvalue weighted by molar-refractivity contribution is 5.69. The van der Waals surface area contributed by atoms with Gasteiger partial charge in [0.15, 0.2) is 0 Å². The molecule has 0 atom stereocenters. The van der Waals surface area contributed by atoms with Crippen LogP contribution in [0.1, 0.15) is 31.9 Å². The van der Waals surface area contributed by atoms with Crippen LogP contribution in [-0.4, -0.2) is 42.8 Å². The van der Waals surface area contributed by atoms with E-state index in [0.717, 1.165) is 16.8 Å². The minimum Gasteiger partial charge on any atom is -0.444 e. The van der Waals surface area contributed by atoms with E-state index in [2.05, 4.69) is 14.9 Å². The maximum Gasteiger partial charge on any atom is 0.410 e. The Morgan fingerprint density at radius 1 is 1.32 bits per heavy atom.